The topological polar surface area (TPSA) is 101 Å². The molecular weight excluding hydrogens is 230 g/mol. The Morgan fingerprint density at radius 1 is 1.75 bits per heavy atom. The number of aromatic nitrogens is 2. The van der Waals surface area contributed by atoms with Gasteiger partial charge < -0.3 is 20.6 Å². The maximum absolute atomic E-state index is 11.0. The second-order valence-corrected chi connectivity index (χ2v) is 4.43. The fourth-order valence-electron chi connectivity index (χ4n) is 1.12. The molecule has 0 aliphatic carbocycles. The summed E-state index contributed by atoms with van der Waals surface area (Å²) in [7, 11) is 1.54. The zero-order valence-corrected chi connectivity index (χ0v) is 9.74. The van der Waals surface area contributed by atoms with E-state index in [2.05, 4.69) is 9.97 Å². The molecule has 0 spiro atoms. The van der Waals surface area contributed by atoms with Crippen molar-refractivity contribution in [1.29, 1.82) is 0 Å². The molecule has 1 rings (SSSR count). The lowest BCUT2D eigenvalue weighted by Crippen LogP contribution is -2.39. The minimum Gasteiger partial charge on any atom is -0.395 e. The van der Waals surface area contributed by atoms with Gasteiger partial charge in [0.1, 0.15) is 0 Å². The van der Waals surface area contributed by atoms with E-state index in [1.54, 1.807) is 7.11 Å². The second kappa shape index (κ2) is 6.64. The van der Waals surface area contributed by atoms with Gasteiger partial charge in [-0.25, -0.2) is 4.98 Å². The third kappa shape index (κ3) is 3.93. The van der Waals surface area contributed by atoms with Crippen LogP contribution in [0.25, 0.3) is 0 Å². The molecule has 0 aromatic carbocycles. The Bertz CT molecular complexity index is 371. The highest BCUT2D eigenvalue weighted by atomic mass is 32.2. The van der Waals surface area contributed by atoms with Crippen LogP contribution in [0.1, 0.15) is 0 Å². The van der Waals surface area contributed by atoms with E-state index in [-0.39, 0.29) is 23.5 Å². The number of hydrogen-bond donors (Lipinski definition) is 3. The van der Waals surface area contributed by atoms with E-state index in [1.165, 1.54) is 24.0 Å². The first-order valence-corrected chi connectivity index (χ1v) is 5.62. The lowest BCUT2D eigenvalue weighted by molar-refractivity contribution is 0.167. The van der Waals surface area contributed by atoms with Crippen molar-refractivity contribution in [2.75, 3.05) is 20.3 Å². The van der Waals surface area contributed by atoms with Crippen LogP contribution in [-0.4, -0.2) is 46.7 Å². The van der Waals surface area contributed by atoms with E-state index >= 15 is 0 Å². The van der Waals surface area contributed by atoms with E-state index in [1.807, 2.05) is 0 Å². The lowest BCUT2D eigenvalue weighted by Gasteiger charge is -2.19. The molecule has 0 bridgehead atoms. The van der Waals surface area contributed by atoms with Gasteiger partial charge in [0.2, 0.25) is 0 Å². The molecule has 0 aliphatic heterocycles. The van der Waals surface area contributed by atoms with Gasteiger partial charge in [-0.3, -0.25) is 4.79 Å². The zero-order chi connectivity index (χ0) is 12.0. The molecular formula is C9H15N3O3S. The highest BCUT2D eigenvalue weighted by Crippen LogP contribution is 2.19. The van der Waals surface area contributed by atoms with Gasteiger partial charge in [-0.05, 0) is 0 Å². The maximum atomic E-state index is 11.0. The largest absolute Gasteiger partial charge is 0.395 e. The predicted molar refractivity (Wildman–Crippen MR) is 61.4 cm³/mol. The first kappa shape index (κ1) is 13.2. The van der Waals surface area contributed by atoms with Gasteiger partial charge in [0.15, 0.2) is 5.16 Å². The summed E-state index contributed by atoms with van der Waals surface area (Å²) in [6.45, 7) is 0.239. The summed E-state index contributed by atoms with van der Waals surface area (Å²) < 4.78 is 4.91. The number of hydrogen-bond acceptors (Lipinski definition) is 6. The van der Waals surface area contributed by atoms with Crippen LogP contribution in [0.3, 0.4) is 0 Å². The Labute approximate surface area is 97.2 Å². The number of aliphatic hydroxyl groups excluding tert-OH is 1. The molecule has 4 N–H and O–H groups in total. The highest BCUT2D eigenvalue weighted by Gasteiger charge is 2.19. The van der Waals surface area contributed by atoms with Crippen molar-refractivity contribution in [3.05, 3.63) is 22.6 Å². The average Bonchev–Trinajstić information content (AvgIpc) is 2.26. The molecule has 0 aliphatic rings. The molecule has 0 fully saturated rings. The molecule has 1 aromatic rings. The summed E-state index contributed by atoms with van der Waals surface area (Å²) >= 11 is 1.23. The minimum atomic E-state index is -0.314. The minimum absolute atomic E-state index is 0.103. The molecule has 1 aromatic heterocycles. The van der Waals surface area contributed by atoms with Crippen molar-refractivity contribution in [1.82, 2.24) is 9.97 Å². The molecule has 7 heteroatoms. The van der Waals surface area contributed by atoms with Crippen LogP contribution in [0.4, 0.5) is 0 Å². The third-order valence-corrected chi connectivity index (χ3v) is 3.16. The van der Waals surface area contributed by atoms with Crippen LogP contribution >= 0.6 is 11.8 Å². The predicted octanol–water partition coefficient (Wildman–Crippen LogP) is -0.803. The summed E-state index contributed by atoms with van der Waals surface area (Å²) in [6, 6.07) is 1.01. The Balaban J connectivity index is 2.66. The SMILES string of the molecule is COCC(N)C(CO)Sc1nccc(=O)[nH]1. The number of rotatable bonds is 6. The Kier molecular flexibility index (Phi) is 5.47. The molecule has 1 heterocycles. The first-order valence-electron chi connectivity index (χ1n) is 4.74. The smallest absolute Gasteiger partial charge is 0.251 e. The standard InChI is InChI=1S/C9H15N3O3S/c1-15-5-6(10)7(4-13)16-9-11-3-2-8(14)12-9/h2-3,6-7,13H,4-5,10H2,1H3,(H,11,12,14). The Morgan fingerprint density at radius 3 is 3.06 bits per heavy atom. The molecule has 2 atom stereocenters. The number of ether oxygens (including phenoxy) is 1. The second-order valence-electron chi connectivity index (χ2n) is 3.20. The fourth-order valence-corrected chi connectivity index (χ4v) is 2.01. The number of nitrogens with two attached hydrogens (primary N) is 1. The maximum Gasteiger partial charge on any atom is 0.251 e. The van der Waals surface area contributed by atoms with Gasteiger partial charge in [0.25, 0.3) is 5.56 Å². The van der Waals surface area contributed by atoms with Crippen LogP contribution in [0.15, 0.2) is 22.2 Å². The average molecular weight is 245 g/mol. The summed E-state index contributed by atoms with van der Waals surface area (Å²) in [6.07, 6.45) is 1.41. The Morgan fingerprint density at radius 2 is 2.50 bits per heavy atom. The number of aromatic amines is 1. The fraction of sp³-hybridized carbons (Fsp3) is 0.556. The quantitative estimate of drug-likeness (QED) is 0.448. The van der Waals surface area contributed by atoms with Crippen molar-refractivity contribution in [2.45, 2.75) is 16.4 Å². The number of H-pyrrole nitrogens is 1. The van der Waals surface area contributed by atoms with Crippen LogP contribution in [-0.2, 0) is 4.74 Å². The molecule has 0 radical (unpaired) electrons. The number of nitrogens with one attached hydrogen (secondary N) is 1. The molecule has 6 nitrogen and oxygen atoms in total. The van der Waals surface area contributed by atoms with Gasteiger partial charge in [-0.1, -0.05) is 11.8 Å². The normalized spacial score (nSPS) is 14.7. The monoisotopic (exact) mass is 245 g/mol. The summed E-state index contributed by atoms with van der Waals surface area (Å²) in [4.78, 5) is 17.6. The van der Waals surface area contributed by atoms with E-state index in [0.717, 1.165) is 0 Å². The summed E-state index contributed by atoms with van der Waals surface area (Å²) in [5.41, 5.74) is 5.57. The molecule has 2 unspecified atom stereocenters. The molecule has 0 saturated heterocycles. The van der Waals surface area contributed by atoms with Gasteiger partial charge >= 0.3 is 0 Å². The van der Waals surface area contributed by atoms with E-state index in [0.29, 0.717) is 11.8 Å². The third-order valence-electron chi connectivity index (χ3n) is 1.93. The zero-order valence-electron chi connectivity index (χ0n) is 8.92. The van der Waals surface area contributed by atoms with E-state index in [4.69, 9.17) is 10.5 Å². The number of methoxy groups -OCH3 is 1. The summed E-state index contributed by atoms with van der Waals surface area (Å²) in [5, 5.41) is 9.36. The van der Waals surface area contributed by atoms with Crippen LogP contribution in [0.2, 0.25) is 0 Å². The number of aliphatic hydroxyl groups is 1. The molecule has 16 heavy (non-hydrogen) atoms. The van der Waals surface area contributed by atoms with Crippen molar-refractivity contribution < 1.29 is 9.84 Å². The summed E-state index contributed by atoms with van der Waals surface area (Å²) in [5.74, 6) is 0. The van der Waals surface area contributed by atoms with Gasteiger partial charge in [-0.2, -0.15) is 0 Å². The Hall–Kier alpha value is -0.890. The van der Waals surface area contributed by atoms with E-state index < -0.39 is 0 Å². The van der Waals surface area contributed by atoms with Crippen LogP contribution < -0.4 is 11.3 Å². The molecule has 0 saturated carbocycles. The van der Waals surface area contributed by atoms with Crippen molar-refractivity contribution >= 4 is 11.8 Å². The first-order chi connectivity index (χ1) is 7.67. The van der Waals surface area contributed by atoms with Gasteiger partial charge in [0.05, 0.1) is 18.5 Å². The lowest BCUT2D eigenvalue weighted by atomic mass is 10.2. The van der Waals surface area contributed by atoms with Crippen molar-refractivity contribution in [3.8, 4) is 0 Å². The molecule has 0 amide bonds. The highest BCUT2D eigenvalue weighted by molar-refractivity contribution is 7.99. The van der Waals surface area contributed by atoms with Crippen molar-refractivity contribution in [3.63, 3.8) is 0 Å². The van der Waals surface area contributed by atoms with Gasteiger partial charge in [0, 0.05) is 25.4 Å². The van der Waals surface area contributed by atoms with Crippen LogP contribution in [0, 0.1) is 0 Å². The molecule has 90 valence electrons. The van der Waals surface area contributed by atoms with E-state index in [9.17, 15) is 9.90 Å². The van der Waals surface area contributed by atoms with Gasteiger partial charge in [-0.15, -0.1) is 0 Å². The number of nitrogens with zero attached hydrogens (tertiary/aromatic N) is 1. The van der Waals surface area contributed by atoms with Crippen molar-refractivity contribution in [2.24, 2.45) is 5.73 Å². The number of thioether (sulfide) groups is 1. The van der Waals surface area contributed by atoms with Crippen LogP contribution in [0.5, 0.6) is 0 Å².